The molecule has 0 fully saturated rings. The predicted octanol–water partition coefficient (Wildman–Crippen LogP) is 4.82. The van der Waals surface area contributed by atoms with Crippen molar-refractivity contribution >= 4 is 34.2 Å². The Hall–Kier alpha value is -3.05. The number of nitrogens with one attached hydrogen (secondary N) is 1. The van der Waals surface area contributed by atoms with Gasteiger partial charge in [-0.25, -0.2) is 0 Å². The van der Waals surface area contributed by atoms with Crippen LogP contribution in [-0.4, -0.2) is 35.9 Å². The van der Waals surface area contributed by atoms with Gasteiger partial charge in [0.1, 0.15) is 11.8 Å². The summed E-state index contributed by atoms with van der Waals surface area (Å²) < 4.78 is 5.89. The number of rotatable bonds is 9. The smallest absolute Gasteiger partial charge is 0.261 e. The molecule has 3 rings (SSSR count). The molecule has 3 aromatic carbocycles. The molecule has 0 aliphatic rings. The normalized spacial score (nSPS) is 11.7. The summed E-state index contributed by atoms with van der Waals surface area (Å²) in [5.41, 5.74) is 0.887. The van der Waals surface area contributed by atoms with Crippen LogP contribution < -0.4 is 10.1 Å². The van der Waals surface area contributed by atoms with E-state index in [0.717, 1.165) is 22.8 Å². The van der Waals surface area contributed by atoms with Crippen LogP contribution in [0.15, 0.2) is 66.7 Å². The zero-order chi connectivity index (χ0) is 22.2. The summed E-state index contributed by atoms with van der Waals surface area (Å²) in [6, 6.07) is 20.2. The molecule has 5 nitrogen and oxygen atoms in total. The third-order valence-electron chi connectivity index (χ3n) is 5.08. The van der Waals surface area contributed by atoms with Gasteiger partial charge in [-0.3, -0.25) is 9.59 Å². The average molecular weight is 439 g/mol. The van der Waals surface area contributed by atoms with Crippen molar-refractivity contribution in [1.82, 2.24) is 10.2 Å². The summed E-state index contributed by atoms with van der Waals surface area (Å²) in [6.45, 7) is 4.41. The third kappa shape index (κ3) is 5.98. The number of amides is 2. The summed E-state index contributed by atoms with van der Waals surface area (Å²) in [5.74, 6) is 0.192. The van der Waals surface area contributed by atoms with E-state index < -0.39 is 6.04 Å². The van der Waals surface area contributed by atoms with Crippen molar-refractivity contribution in [3.8, 4) is 5.75 Å². The van der Waals surface area contributed by atoms with Crippen LogP contribution in [0.25, 0.3) is 10.8 Å². The van der Waals surface area contributed by atoms with Crippen molar-refractivity contribution in [2.45, 2.75) is 32.9 Å². The van der Waals surface area contributed by atoms with Gasteiger partial charge in [0.15, 0.2) is 6.61 Å². The molecule has 0 aliphatic carbocycles. The Morgan fingerprint density at radius 3 is 2.48 bits per heavy atom. The quantitative estimate of drug-likeness (QED) is 0.521. The first-order chi connectivity index (χ1) is 15.0. The molecule has 0 radical (unpaired) electrons. The Kier molecular flexibility index (Phi) is 7.90. The number of carbonyl (C=O) groups is 2. The van der Waals surface area contributed by atoms with Gasteiger partial charge in [-0.1, -0.05) is 67.1 Å². The SMILES string of the molecule is CCCNC(=O)[C@@H](C)N(Cc1ccc(Cl)cc1)C(=O)COc1cccc2ccccc12. The standard InChI is InChI=1S/C25H27ClN2O3/c1-3-15-27-25(30)18(2)28(16-19-11-13-21(26)14-12-19)24(29)17-31-23-10-6-8-20-7-4-5-9-22(20)23/h4-14,18H,3,15-17H2,1-2H3,(H,27,30)/t18-/m1/s1. The maximum Gasteiger partial charge on any atom is 0.261 e. The summed E-state index contributed by atoms with van der Waals surface area (Å²) in [5, 5.41) is 5.47. The van der Waals surface area contributed by atoms with E-state index in [4.69, 9.17) is 16.3 Å². The van der Waals surface area contributed by atoms with Crippen LogP contribution in [0.4, 0.5) is 0 Å². The minimum atomic E-state index is -0.633. The highest BCUT2D eigenvalue weighted by molar-refractivity contribution is 6.30. The molecule has 1 atom stereocenters. The molecule has 1 N–H and O–H groups in total. The Balaban J connectivity index is 1.77. The van der Waals surface area contributed by atoms with Crippen LogP contribution in [0.1, 0.15) is 25.8 Å². The lowest BCUT2D eigenvalue weighted by Gasteiger charge is -2.28. The maximum absolute atomic E-state index is 13.1. The maximum atomic E-state index is 13.1. The highest BCUT2D eigenvalue weighted by atomic mass is 35.5. The van der Waals surface area contributed by atoms with Crippen LogP contribution in [0.2, 0.25) is 5.02 Å². The summed E-state index contributed by atoms with van der Waals surface area (Å²) >= 11 is 5.98. The first-order valence-corrected chi connectivity index (χ1v) is 10.8. The van der Waals surface area contributed by atoms with E-state index in [1.807, 2.05) is 61.5 Å². The van der Waals surface area contributed by atoms with Crippen molar-refractivity contribution in [3.63, 3.8) is 0 Å². The topological polar surface area (TPSA) is 58.6 Å². The van der Waals surface area contributed by atoms with Gasteiger partial charge in [0.2, 0.25) is 5.91 Å². The Bertz CT molecular complexity index is 1030. The number of benzene rings is 3. The molecule has 162 valence electrons. The molecule has 0 saturated heterocycles. The minimum Gasteiger partial charge on any atom is -0.483 e. The second kappa shape index (κ2) is 10.8. The van der Waals surface area contributed by atoms with E-state index in [0.29, 0.717) is 17.3 Å². The van der Waals surface area contributed by atoms with Crippen LogP contribution in [0, 0.1) is 0 Å². The van der Waals surface area contributed by atoms with E-state index in [-0.39, 0.29) is 25.0 Å². The van der Waals surface area contributed by atoms with E-state index in [9.17, 15) is 9.59 Å². The average Bonchev–Trinajstić information content (AvgIpc) is 2.80. The minimum absolute atomic E-state index is 0.160. The summed E-state index contributed by atoms with van der Waals surface area (Å²) in [7, 11) is 0. The fourth-order valence-electron chi connectivity index (χ4n) is 3.31. The number of nitrogens with zero attached hydrogens (tertiary/aromatic N) is 1. The van der Waals surface area contributed by atoms with Crippen LogP contribution in [0.3, 0.4) is 0 Å². The second-order valence-corrected chi connectivity index (χ2v) is 7.82. The number of carbonyl (C=O) groups excluding carboxylic acids is 2. The molecule has 31 heavy (non-hydrogen) atoms. The van der Waals surface area contributed by atoms with Gasteiger partial charge in [-0.2, -0.15) is 0 Å². The molecule has 2 amide bonds. The van der Waals surface area contributed by atoms with Crippen LogP contribution in [0.5, 0.6) is 5.75 Å². The molecule has 0 spiro atoms. The molecule has 3 aromatic rings. The van der Waals surface area contributed by atoms with E-state index in [1.165, 1.54) is 0 Å². The molecule has 0 bridgehead atoms. The zero-order valence-corrected chi connectivity index (χ0v) is 18.6. The number of fused-ring (bicyclic) bond motifs is 1. The van der Waals surface area contributed by atoms with Crippen molar-refractivity contribution in [1.29, 1.82) is 0 Å². The molecular formula is C25H27ClN2O3. The summed E-state index contributed by atoms with van der Waals surface area (Å²) in [6.07, 6.45) is 0.827. The first kappa shape index (κ1) is 22.6. The third-order valence-corrected chi connectivity index (χ3v) is 5.34. The molecule has 0 heterocycles. The summed E-state index contributed by atoms with van der Waals surface area (Å²) in [4.78, 5) is 27.3. The lowest BCUT2D eigenvalue weighted by molar-refractivity contribution is -0.142. The van der Waals surface area contributed by atoms with Gasteiger partial charge in [0, 0.05) is 23.5 Å². The van der Waals surface area contributed by atoms with Crippen molar-refractivity contribution in [3.05, 3.63) is 77.3 Å². The fourth-order valence-corrected chi connectivity index (χ4v) is 3.43. The van der Waals surface area contributed by atoms with Gasteiger partial charge in [-0.05, 0) is 42.5 Å². The fraction of sp³-hybridized carbons (Fsp3) is 0.280. The lowest BCUT2D eigenvalue weighted by atomic mass is 10.1. The number of hydrogen-bond donors (Lipinski definition) is 1. The van der Waals surface area contributed by atoms with Crippen LogP contribution in [-0.2, 0) is 16.1 Å². The number of hydrogen-bond acceptors (Lipinski definition) is 3. The van der Waals surface area contributed by atoms with Gasteiger partial charge in [0.05, 0.1) is 0 Å². The van der Waals surface area contributed by atoms with Crippen molar-refractivity contribution in [2.75, 3.05) is 13.2 Å². The van der Waals surface area contributed by atoms with E-state index >= 15 is 0 Å². The molecule has 0 saturated carbocycles. The van der Waals surface area contributed by atoms with Gasteiger partial charge >= 0.3 is 0 Å². The van der Waals surface area contributed by atoms with E-state index in [1.54, 1.807) is 24.0 Å². The number of halogens is 1. The lowest BCUT2D eigenvalue weighted by Crippen LogP contribution is -2.49. The second-order valence-electron chi connectivity index (χ2n) is 7.38. The van der Waals surface area contributed by atoms with E-state index in [2.05, 4.69) is 5.32 Å². The molecule has 0 unspecified atom stereocenters. The van der Waals surface area contributed by atoms with Gasteiger partial charge < -0.3 is 15.0 Å². The Morgan fingerprint density at radius 2 is 1.74 bits per heavy atom. The molecular weight excluding hydrogens is 412 g/mol. The van der Waals surface area contributed by atoms with Crippen molar-refractivity contribution < 1.29 is 14.3 Å². The number of ether oxygens (including phenoxy) is 1. The Morgan fingerprint density at radius 1 is 1.03 bits per heavy atom. The first-order valence-electron chi connectivity index (χ1n) is 10.4. The Labute approximate surface area is 188 Å². The predicted molar refractivity (Wildman–Crippen MR) is 124 cm³/mol. The molecule has 0 aliphatic heterocycles. The zero-order valence-electron chi connectivity index (χ0n) is 17.8. The molecule has 6 heteroatoms. The molecule has 0 aromatic heterocycles. The van der Waals surface area contributed by atoms with Gasteiger partial charge in [0.25, 0.3) is 5.91 Å². The monoisotopic (exact) mass is 438 g/mol. The van der Waals surface area contributed by atoms with Crippen molar-refractivity contribution in [2.24, 2.45) is 0 Å². The largest absolute Gasteiger partial charge is 0.483 e. The van der Waals surface area contributed by atoms with Crippen LogP contribution >= 0.6 is 11.6 Å². The highest BCUT2D eigenvalue weighted by Gasteiger charge is 2.26. The van der Waals surface area contributed by atoms with Gasteiger partial charge in [-0.15, -0.1) is 0 Å². The highest BCUT2D eigenvalue weighted by Crippen LogP contribution is 2.25.